The zero-order valence-corrected chi connectivity index (χ0v) is 17.8. The Balaban J connectivity index is 1.77. The van der Waals surface area contributed by atoms with Gasteiger partial charge < -0.3 is 5.32 Å². The molecule has 0 atom stereocenters. The summed E-state index contributed by atoms with van der Waals surface area (Å²) >= 11 is 13.9. The van der Waals surface area contributed by atoms with E-state index in [0.717, 1.165) is 5.56 Å². The van der Waals surface area contributed by atoms with Gasteiger partial charge in [-0.2, -0.15) is 11.8 Å². The van der Waals surface area contributed by atoms with E-state index in [1.807, 2.05) is 0 Å². The number of halogens is 2. The first-order valence-corrected chi connectivity index (χ1v) is 11.8. The third kappa shape index (κ3) is 6.92. The number of hydrogen-bond donors (Lipinski definition) is 2. The molecule has 0 fully saturated rings. The molecular weight excluding hydrogens is 427 g/mol. The van der Waals surface area contributed by atoms with Crippen molar-refractivity contribution in [1.29, 1.82) is 0 Å². The molecule has 2 N–H and O–H groups in total. The van der Waals surface area contributed by atoms with Crippen LogP contribution in [0.4, 0.5) is 5.69 Å². The van der Waals surface area contributed by atoms with Crippen molar-refractivity contribution in [3.8, 4) is 0 Å². The number of benzene rings is 2. The standard InChI is InChI=1S/C18H20Cl2N2O3S2/c1-2-27(24,25)22-14-8-6-13(7-9-14)18(23)21-10-11-26-12-15-16(19)4-3-5-17(15)20/h3-9,22H,2,10-12H2,1H3,(H,21,23). The Morgan fingerprint density at radius 3 is 2.30 bits per heavy atom. The van der Waals surface area contributed by atoms with E-state index >= 15 is 0 Å². The minimum atomic E-state index is -3.33. The van der Waals surface area contributed by atoms with E-state index in [9.17, 15) is 13.2 Å². The number of rotatable bonds is 9. The Hall–Kier alpha value is -1.41. The number of carbonyl (C=O) groups excluding carboxylic acids is 1. The zero-order chi connectivity index (χ0) is 19.9. The van der Waals surface area contributed by atoms with Crippen molar-refractivity contribution >= 4 is 56.6 Å². The highest BCUT2D eigenvalue weighted by Crippen LogP contribution is 2.27. The Morgan fingerprint density at radius 1 is 1.07 bits per heavy atom. The first-order chi connectivity index (χ1) is 12.8. The van der Waals surface area contributed by atoms with Crippen LogP contribution in [-0.2, 0) is 15.8 Å². The smallest absolute Gasteiger partial charge is 0.251 e. The minimum Gasteiger partial charge on any atom is -0.351 e. The van der Waals surface area contributed by atoms with Crippen LogP contribution in [0.15, 0.2) is 42.5 Å². The van der Waals surface area contributed by atoms with E-state index in [-0.39, 0.29) is 11.7 Å². The molecule has 0 aliphatic rings. The molecule has 0 aliphatic heterocycles. The van der Waals surface area contributed by atoms with Crippen LogP contribution in [0, 0.1) is 0 Å². The summed E-state index contributed by atoms with van der Waals surface area (Å²) in [6.45, 7) is 2.05. The first kappa shape index (κ1) is 21.9. The number of carbonyl (C=O) groups is 1. The molecule has 2 rings (SSSR count). The van der Waals surface area contributed by atoms with Crippen molar-refractivity contribution in [1.82, 2.24) is 5.32 Å². The van der Waals surface area contributed by atoms with E-state index in [2.05, 4.69) is 10.0 Å². The third-order valence-corrected chi connectivity index (χ3v) is 6.64. The fourth-order valence-corrected chi connectivity index (χ4v) is 4.36. The summed E-state index contributed by atoms with van der Waals surface area (Å²) < 4.78 is 25.5. The highest BCUT2D eigenvalue weighted by Gasteiger charge is 2.09. The van der Waals surface area contributed by atoms with Crippen molar-refractivity contribution in [2.24, 2.45) is 0 Å². The average Bonchev–Trinajstić information content (AvgIpc) is 2.63. The second-order valence-electron chi connectivity index (χ2n) is 5.59. The second-order valence-corrected chi connectivity index (χ2v) is 9.52. The van der Waals surface area contributed by atoms with Crippen LogP contribution in [0.3, 0.4) is 0 Å². The fraction of sp³-hybridized carbons (Fsp3) is 0.278. The summed E-state index contributed by atoms with van der Waals surface area (Å²) in [5.74, 6) is 1.16. The molecule has 0 spiro atoms. The zero-order valence-electron chi connectivity index (χ0n) is 14.7. The lowest BCUT2D eigenvalue weighted by Crippen LogP contribution is -2.25. The number of sulfonamides is 1. The van der Waals surface area contributed by atoms with Crippen molar-refractivity contribution in [3.63, 3.8) is 0 Å². The number of thioether (sulfide) groups is 1. The molecule has 0 bridgehead atoms. The normalized spacial score (nSPS) is 11.2. The van der Waals surface area contributed by atoms with Gasteiger partial charge in [-0.1, -0.05) is 29.3 Å². The second kappa shape index (κ2) is 10.2. The van der Waals surface area contributed by atoms with E-state index in [4.69, 9.17) is 23.2 Å². The predicted octanol–water partition coefficient (Wildman–Crippen LogP) is 4.42. The Labute approximate surface area is 173 Å². The van der Waals surface area contributed by atoms with Crippen LogP contribution >= 0.6 is 35.0 Å². The van der Waals surface area contributed by atoms with Gasteiger partial charge in [0.2, 0.25) is 10.0 Å². The lowest BCUT2D eigenvalue weighted by Gasteiger charge is -2.09. The largest absolute Gasteiger partial charge is 0.351 e. The van der Waals surface area contributed by atoms with Gasteiger partial charge in [-0.25, -0.2) is 8.42 Å². The lowest BCUT2D eigenvalue weighted by molar-refractivity contribution is 0.0956. The molecule has 0 saturated heterocycles. The Bertz CT molecular complexity index is 868. The van der Waals surface area contributed by atoms with Crippen LogP contribution in [0.1, 0.15) is 22.8 Å². The van der Waals surface area contributed by atoms with Gasteiger partial charge in [-0.05, 0) is 48.9 Å². The van der Waals surface area contributed by atoms with E-state index in [0.29, 0.717) is 39.3 Å². The molecule has 5 nitrogen and oxygen atoms in total. The quantitative estimate of drug-likeness (QED) is 0.558. The lowest BCUT2D eigenvalue weighted by atomic mass is 10.2. The summed E-state index contributed by atoms with van der Waals surface area (Å²) in [7, 11) is -3.33. The summed E-state index contributed by atoms with van der Waals surface area (Å²) in [4.78, 5) is 12.1. The minimum absolute atomic E-state index is 0.00763. The maximum Gasteiger partial charge on any atom is 0.251 e. The van der Waals surface area contributed by atoms with Gasteiger partial charge in [0.15, 0.2) is 0 Å². The molecule has 1 amide bonds. The van der Waals surface area contributed by atoms with Crippen LogP contribution in [0.25, 0.3) is 0 Å². The number of nitrogens with one attached hydrogen (secondary N) is 2. The molecular formula is C18H20Cl2N2O3S2. The van der Waals surface area contributed by atoms with Crippen LogP contribution in [0.5, 0.6) is 0 Å². The topological polar surface area (TPSA) is 75.3 Å². The molecule has 0 heterocycles. The highest BCUT2D eigenvalue weighted by molar-refractivity contribution is 7.98. The van der Waals surface area contributed by atoms with Gasteiger partial charge in [0.25, 0.3) is 5.91 Å². The molecule has 146 valence electrons. The van der Waals surface area contributed by atoms with Crippen molar-refractivity contribution in [2.45, 2.75) is 12.7 Å². The summed E-state index contributed by atoms with van der Waals surface area (Å²) in [5, 5.41) is 4.10. The maximum atomic E-state index is 12.1. The molecule has 0 saturated carbocycles. The van der Waals surface area contributed by atoms with Gasteiger partial charge in [-0.15, -0.1) is 0 Å². The predicted molar refractivity (Wildman–Crippen MR) is 114 cm³/mol. The first-order valence-electron chi connectivity index (χ1n) is 8.22. The molecule has 0 aliphatic carbocycles. The van der Waals surface area contributed by atoms with Gasteiger partial charge in [-0.3, -0.25) is 9.52 Å². The molecule has 0 aromatic heterocycles. The molecule has 27 heavy (non-hydrogen) atoms. The van der Waals surface area contributed by atoms with Gasteiger partial charge in [0.05, 0.1) is 5.75 Å². The van der Waals surface area contributed by atoms with Crippen LogP contribution in [-0.4, -0.2) is 32.4 Å². The summed E-state index contributed by atoms with van der Waals surface area (Å²) in [6, 6.07) is 11.7. The molecule has 0 radical (unpaired) electrons. The van der Waals surface area contributed by atoms with Crippen molar-refractivity contribution < 1.29 is 13.2 Å². The Kier molecular flexibility index (Phi) is 8.28. The molecule has 9 heteroatoms. The van der Waals surface area contributed by atoms with Gasteiger partial charge in [0.1, 0.15) is 0 Å². The Morgan fingerprint density at radius 2 is 1.70 bits per heavy atom. The van der Waals surface area contributed by atoms with Crippen molar-refractivity contribution in [2.75, 3.05) is 22.8 Å². The van der Waals surface area contributed by atoms with Gasteiger partial charge in [0, 0.05) is 39.3 Å². The SMILES string of the molecule is CCS(=O)(=O)Nc1ccc(C(=O)NCCSCc2c(Cl)cccc2Cl)cc1. The fourth-order valence-electron chi connectivity index (χ4n) is 2.12. The van der Waals surface area contributed by atoms with Gasteiger partial charge >= 0.3 is 0 Å². The van der Waals surface area contributed by atoms with E-state index in [1.54, 1.807) is 61.2 Å². The van der Waals surface area contributed by atoms with Crippen LogP contribution in [0.2, 0.25) is 10.0 Å². The van der Waals surface area contributed by atoms with E-state index in [1.165, 1.54) is 0 Å². The molecule has 2 aromatic rings. The average molecular weight is 447 g/mol. The highest BCUT2D eigenvalue weighted by atomic mass is 35.5. The number of amides is 1. The number of anilines is 1. The number of hydrogen-bond acceptors (Lipinski definition) is 4. The van der Waals surface area contributed by atoms with E-state index < -0.39 is 10.0 Å². The monoisotopic (exact) mass is 446 g/mol. The van der Waals surface area contributed by atoms with Crippen LogP contribution < -0.4 is 10.0 Å². The van der Waals surface area contributed by atoms with Crippen molar-refractivity contribution in [3.05, 3.63) is 63.6 Å². The summed E-state index contributed by atoms with van der Waals surface area (Å²) in [6.07, 6.45) is 0. The molecule has 2 aromatic carbocycles. The maximum absolute atomic E-state index is 12.1. The summed E-state index contributed by atoms with van der Waals surface area (Å²) in [5.41, 5.74) is 1.79. The molecule has 0 unspecified atom stereocenters. The third-order valence-electron chi connectivity index (χ3n) is 3.64.